The Morgan fingerprint density at radius 2 is 2.36 bits per heavy atom. The highest BCUT2D eigenvalue weighted by molar-refractivity contribution is 9.10. The fourth-order valence-electron chi connectivity index (χ4n) is 1.05. The van der Waals surface area contributed by atoms with E-state index in [0.717, 1.165) is 0 Å². The predicted octanol–water partition coefficient (Wildman–Crippen LogP) is 1.82. The minimum absolute atomic E-state index is 0.353. The van der Waals surface area contributed by atoms with E-state index in [0.29, 0.717) is 22.4 Å². The number of hydrogen-bond donors (Lipinski definition) is 2. The summed E-state index contributed by atoms with van der Waals surface area (Å²) in [6.45, 7) is 2.40. The Hall–Kier alpha value is -0.940. The summed E-state index contributed by atoms with van der Waals surface area (Å²) in [5.74, 6) is 5.24. The number of benzene rings is 1. The second-order valence-corrected chi connectivity index (χ2v) is 3.42. The number of amidine groups is 1. The molecule has 0 amide bonds. The molecule has 0 aromatic heterocycles. The number of nitrogens with zero attached hydrogens (tertiary/aromatic N) is 1. The van der Waals surface area contributed by atoms with Crippen molar-refractivity contribution >= 4 is 21.8 Å². The van der Waals surface area contributed by atoms with Crippen LogP contribution in [-0.4, -0.2) is 12.4 Å². The van der Waals surface area contributed by atoms with Gasteiger partial charge in [-0.25, -0.2) is 10.2 Å². The monoisotopic (exact) mass is 259 g/mol. The predicted molar refractivity (Wildman–Crippen MR) is 58.5 cm³/mol. The Kier molecular flexibility index (Phi) is 4.03. The first-order valence-corrected chi connectivity index (χ1v) is 4.95. The van der Waals surface area contributed by atoms with E-state index < -0.39 is 0 Å². The number of rotatable bonds is 2. The third-order valence-electron chi connectivity index (χ3n) is 1.66. The Balaban J connectivity index is 3.17. The van der Waals surface area contributed by atoms with E-state index in [-0.39, 0.29) is 5.82 Å². The van der Waals surface area contributed by atoms with Gasteiger partial charge in [-0.15, -0.1) is 0 Å². The van der Waals surface area contributed by atoms with Gasteiger partial charge in [0.1, 0.15) is 11.7 Å². The summed E-state index contributed by atoms with van der Waals surface area (Å²) in [7, 11) is 0. The number of hydrazine groups is 1. The van der Waals surface area contributed by atoms with Crippen molar-refractivity contribution in [1.82, 2.24) is 5.43 Å². The molecule has 0 saturated carbocycles. The molecule has 0 aliphatic heterocycles. The zero-order valence-corrected chi connectivity index (χ0v) is 9.31. The van der Waals surface area contributed by atoms with Gasteiger partial charge in [0.25, 0.3) is 0 Å². The lowest BCUT2D eigenvalue weighted by Gasteiger charge is -2.07. The highest BCUT2D eigenvalue weighted by Crippen LogP contribution is 2.18. The molecule has 5 heteroatoms. The highest BCUT2D eigenvalue weighted by atomic mass is 79.9. The van der Waals surface area contributed by atoms with Gasteiger partial charge < -0.3 is 5.43 Å². The largest absolute Gasteiger partial charge is 0.308 e. The van der Waals surface area contributed by atoms with Crippen molar-refractivity contribution in [2.75, 3.05) is 6.54 Å². The van der Waals surface area contributed by atoms with E-state index in [9.17, 15) is 4.39 Å². The summed E-state index contributed by atoms with van der Waals surface area (Å²) in [5, 5.41) is 0. The van der Waals surface area contributed by atoms with Crippen molar-refractivity contribution in [3.63, 3.8) is 0 Å². The number of aliphatic imine (C=N–C) groups is 1. The number of hydrogen-bond acceptors (Lipinski definition) is 2. The molecule has 3 N–H and O–H groups in total. The zero-order valence-electron chi connectivity index (χ0n) is 7.72. The Labute approximate surface area is 90.3 Å². The first-order chi connectivity index (χ1) is 6.70. The summed E-state index contributed by atoms with van der Waals surface area (Å²) < 4.78 is 13.9. The zero-order chi connectivity index (χ0) is 10.6. The lowest BCUT2D eigenvalue weighted by atomic mass is 10.2. The lowest BCUT2D eigenvalue weighted by molar-refractivity contribution is 0.617. The average molecular weight is 260 g/mol. The molecule has 0 radical (unpaired) electrons. The van der Waals surface area contributed by atoms with Crippen molar-refractivity contribution in [1.29, 1.82) is 0 Å². The number of nitrogens with two attached hydrogens (primary N) is 1. The standard InChI is InChI=1S/C9H11BrFN3/c1-2-13-9(14-12)6-4-3-5-7(10)8(6)11/h3-5H,2,12H2,1H3,(H,13,14). The molecule has 0 fully saturated rings. The van der Waals surface area contributed by atoms with Gasteiger partial charge in [0.15, 0.2) is 0 Å². The van der Waals surface area contributed by atoms with E-state index in [4.69, 9.17) is 5.84 Å². The van der Waals surface area contributed by atoms with Crippen LogP contribution >= 0.6 is 15.9 Å². The highest BCUT2D eigenvalue weighted by Gasteiger charge is 2.10. The number of nitrogens with one attached hydrogen (secondary N) is 1. The molecular formula is C9H11BrFN3. The van der Waals surface area contributed by atoms with Gasteiger partial charge in [-0.05, 0) is 35.0 Å². The SMILES string of the molecule is CCN=C(NN)c1cccc(Br)c1F. The summed E-state index contributed by atoms with van der Waals surface area (Å²) in [6.07, 6.45) is 0. The maximum absolute atomic E-state index is 13.5. The fraction of sp³-hybridized carbons (Fsp3) is 0.222. The average Bonchev–Trinajstić information content (AvgIpc) is 2.19. The van der Waals surface area contributed by atoms with Gasteiger partial charge in [0, 0.05) is 6.54 Å². The van der Waals surface area contributed by atoms with Gasteiger partial charge in [-0.1, -0.05) is 6.07 Å². The topological polar surface area (TPSA) is 50.4 Å². The van der Waals surface area contributed by atoms with E-state index in [1.54, 1.807) is 18.2 Å². The summed E-state index contributed by atoms with van der Waals surface area (Å²) in [4.78, 5) is 4.03. The first kappa shape index (κ1) is 11.1. The Bertz CT molecular complexity index is 352. The summed E-state index contributed by atoms with van der Waals surface area (Å²) in [5.41, 5.74) is 2.74. The summed E-state index contributed by atoms with van der Waals surface area (Å²) in [6, 6.07) is 4.97. The molecule has 14 heavy (non-hydrogen) atoms. The van der Waals surface area contributed by atoms with Gasteiger partial charge >= 0.3 is 0 Å². The van der Waals surface area contributed by atoms with Crippen molar-refractivity contribution in [2.24, 2.45) is 10.8 Å². The molecule has 1 aromatic rings. The molecule has 3 nitrogen and oxygen atoms in total. The van der Waals surface area contributed by atoms with Crippen LogP contribution in [0.3, 0.4) is 0 Å². The second kappa shape index (κ2) is 5.07. The Morgan fingerprint density at radius 3 is 2.93 bits per heavy atom. The van der Waals surface area contributed by atoms with Crippen LogP contribution in [0.2, 0.25) is 0 Å². The van der Waals surface area contributed by atoms with Gasteiger partial charge in [0.2, 0.25) is 0 Å². The van der Waals surface area contributed by atoms with Crippen molar-refractivity contribution in [3.8, 4) is 0 Å². The van der Waals surface area contributed by atoms with Crippen LogP contribution in [-0.2, 0) is 0 Å². The third kappa shape index (κ3) is 2.30. The molecule has 1 aromatic carbocycles. The minimum Gasteiger partial charge on any atom is -0.308 e. The smallest absolute Gasteiger partial charge is 0.148 e. The lowest BCUT2D eigenvalue weighted by Crippen LogP contribution is -2.32. The molecule has 0 aliphatic carbocycles. The molecule has 0 unspecified atom stereocenters. The molecule has 0 saturated heterocycles. The van der Waals surface area contributed by atoms with Crippen LogP contribution in [0.15, 0.2) is 27.7 Å². The first-order valence-electron chi connectivity index (χ1n) is 4.16. The van der Waals surface area contributed by atoms with E-state index in [1.165, 1.54) is 0 Å². The van der Waals surface area contributed by atoms with Gasteiger partial charge in [0.05, 0.1) is 10.0 Å². The molecule has 1 rings (SSSR count). The number of halogens is 2. The van der Waals surface area contributed by atoms with E-state index in [1.807, 2.05) is 6.92 Å². The second-order valence-electron chi connectivity index (χ2n) is 2.57. The van der Waals surface area contributed by atoms with E-state index in [2.05, 4.69) is 26.3 Å². The van der Waals surface area contributed by atoms with Crippen molar-refractivity contribution in [2.45, 2.75) is 6.92 Å². The normalized spacial score (nSPS) is 11.6. The molecule has 0 atom stereocenters. The molecule has 76 valence electrons. The third-order valence-corrected chi connectivity index (χ3v) is 2.27. The Morgan fingerprint density at radius 1 is 1.64 bits per heavy atom. The molecule has 0 aliphatic rings. The minimum atomic E-state index is -0.363. The van der Waals surface area contributed by atoms with Crippen LogP contribution < -0.4 is 11.3 Å². The quantitative estimate of drug-likeness (QED) is 0.369. The molecule has 0 heterocycles. The van der Waals surface area contributed by atoms with Crippen molar-refractivity contribution in [3.05, 3.63) is 34.1 Å². The molecule has 0 spiro atoms. The van der Waals surface area contributed by atoms with Crippen LogP contribution in [0.1, 0.15) is 12.5 Å². The van der Waals surface area contributed by atoms with Crippen LogP contribution in [0, 0.1) is 5.82 Å². The fourth-order valence-corrected chi connectivity index (χ4v) is 1.42. The van der Waals surface area contributed by atoms with Crippen molar-refractivity contribution < 1.29 is 4.39 Å². The molecule has 0 bridgehead atoms. The van der Waals surface area contributed by atoms with Crippen LogP contribution in [0.4, 0.5) is 4.39 Å². The van der Waals surface area contributed by atoms with E-state index >= 15 is 0 Å². The van der Waals surface area contributed by atoms with Gasteiger partial charge in [-0.3, -0.25) is 4.99 Å². The summed E-state index contributed by atoms with van der Waals surface area (Å²) >= 11 is 3.10. The molecular weight excluding hydrogens is 249 g/mol. The van der Waals surface area contributed by atoms with Crippen LogP contribution in [0.5, 0.6) is 0 Å². The maximum atomic E-state index is 13.5. The van der Waals surface area contributed by atoms with Gasteiger partial charge in [-0.2, -0.15) is 0 Å². The van der Waals surface area contributed by atoms with Crippen LogP contribution in [0.25, 0.3) is 0 Å². The maximum Gasteiger partial charge on any atom is 0.148 e.